The Hall–Kier alpha value is -1.21. The monoisotopic (exact) mass is 285 g/mol. The van der Waals surface area contributed by atoms with E-state index in [0.717, 1.165) is 12.8 Å². The van der Waals surface area contributed by atoms with Crippen LogP contribution in [0.15, 0.2) is 17.3 Å². The average molecular weight is 285 g/mol. The molecule has 106 valence electrons. The molecule has 1 saturated heterocycles. The predicted molar refractivity (Wildman–Crippen MR) is 70.0 cm³/mol. The highest BCUT2D eigenvalue weighted by Crippen LogP contribution is 2.26. The topological polar surface area (TPSA) is 72.3 Å². The number of carbonyl (C=O) groups excluding carboxylic acids is 1. The second-order valence-electron chi connectivity index (χ2n) is 4.80. The summed E-state index contributed by atoms with van der Waals surface area (Å²) < 4.78 is 27.9. The Bertz CT molecular complexity index is 565. The van der Waals surface area contributed by atoms with E-state index in [-0.39, 0.29) is 10.7 Å². The smallest absolute Gasteiger partial charge is 0.246 e. The zero-order chi connectivity index (χ0) is 14.0. The summed E-state index contributed by atoms with van der Waals surface area (Å²) in [5.41, 5.74) is 0. The third-order valence-corrected chi connectivity index (χ3v) is 5.32. The summed E-state index contributed by atoms with van der Waals surface area (Å²) >= 11 is 0. The highest BCUT2D eigenvalue weighted by atomic mass is 32.2. The molecule has 0 saturated carbocycles. The van der Waals surface area contributed by atoms with Crippen LogP contribution in [0.2, 0.25) is 0 Å². The first-order valence-corrected chi connectivity index (χ1v) is 7.94. The fraction of sp³-hybridized carbons (Fsp3) is 0.667. The summed E-state index contributed by atoms with van der Waals surface area (Å²) in [5, 5.41) is 3.89. The highest BCUT2D eigenvalue weighted by molar-refractivity contribution is 7.89. The van der Waals surface area contributed by atoms with Crippen molar-refractivity contribution in [2.75, 3.05) is 6.54 Å². The van der Waals surface area contributed by atoms with Gasteiger partial charge in [-0.05, 0) is 12.8 Å². The number of hydrogen-bond acceptors (Lipinski definition) is 4. The number of piperidine rings is 1. The molecule has 1 aromatic heterocycles. The number of aryl methyl sites for hydroxylation is 1. The summed E-state index contributed by atoms with van der Waals surface area (Å²) in [6.07, 6.45) is 5.48. The summed E-state index contributed by atoms with van der Waals surface area (Å²) in [4.78, 5) is 12.1. The Morgan fingerprint density at radius 2 is 2.21 bits per heavy atom. The summed E-state index contributed by atoms with van der Waals surface area (Å²) in [6.45, 7) is 2.18. The van der Waals surface area contributed by atoms with Crippen molar-refractivity contribution in [2.45, 2.75) is 43.5 Å². The lowest BCUT2D eigenvalue weighted by Gasteiger charge is -2.33. The summed E-state index contributed by atoms with van der Waals surface area (Å²) in [7, 11) is -1.95. The van der Waals surface area contributed by atoms with Crippen molar-refractivity contribution in [3.8, 4) is 0 Å². The van der Waals surface area contributed by atoms with Gasteiger partial charge in [-0.15, -0.1) is 0 Å². The number of aromatic nitrogens is 2. The predicted octanol–water partition coefficient (Wildman–Crippen LogP) is 0.942. The van der Waals surface area contributed by atoms with Crippen LogP contribution in [0.3, 0.4) is 0 Å². The minimum absolute atomic E-state index is 0.00725. The van der Waals surface area contributed by atoms with Crippen LogP contribution in [0, 0.1) is 0 Å². The molecule has 6 nitrogen and oxygen atoms in total. The van der Waals surface area contributed by atoms with Crippen molar-refractivity contribution in [3.63, 3.8) is 0 Å². The van der Waals surface area contributed by atoms with Crippen LogP contribution in [0.5, 0.6) is 0 Å². The molecule has 0 N–H and O–H groups in total. The molecule has 1 atom stereocenters. The first-order chi connectivity index (χ1) is 8.96. The van der Waals surface area contributed by atoms with Crippen molar-refractivity contribution in [1.82, 2.24) is 14.1 Å². The Balaban J connectivity index is 2.34. The standard InChI is InChI=1S/C12H19N3O3S/c1-3-12(16)11-6-4-5-7-15(11)19(17,18)10-8-13-14(2)9-10/h8-9,11H,3-7H2,1-2H3/t11-/m0/s1. The normalized spacial score (nSPS) is 21.5. The van der Waals surface area contributed by atoms with Gasteiger partial charge in [-0.25, -0.2) is 8.42 Å². The molecule has 1 aliphatic rings. The maximum absolute atomic E-state index is 12.6. The Morgan fingerprint density at radius 1 is 1.47 bits per heavy atom. The van der Waals surface area contributed by atoms with Gasteiger partial charge in [0.05, 0.1) is 12.2 Å². The molecule has 0 unspecified atom stereocenters. The lowest BCUT2D eigenvalue weighted by molar-refractivity contribution is -0.123. The van der Waals surface area contributed by atoms with Gasteiger partial charge in [-0.3, -0.25) is 9.48 Å². The average Bonchev–Trinajstić information content (AvgIpc) is 2.85. The third-order valence-electron chi connectivity index (χ3n) is 3.46. The minimum atomic E-state index is -3.62. The number of ketones is 1. The third kappa shape index (κ3) is 2.71. The Kier molecular flexibility index (Phi) is 4.05. The van der Waals surface area contributed by atoms with E-state index in [0.29, 0.717) is 19.4 Å². The van der Waals surface area contributed by atoms with Crippen molar-refractivity contribution in [3.05, 3.63) is 12.4 Å². The van der Waals surface area contributed by atoms with Gasteiger partial charge in [0, 0.05) is 26.2 Å². The fourth-order valence-corrected chi connectivity index (χ4v) is 4.08. The van der Waals surface area contributed by atoms with Crippen molar-refractivity contribution in [2.24, 2.45) is 7.05 Å². The second kappa shape index (κ2) is 5.42. The van der Waals surface area contributed by atoms with E-state index in [9.17, 15) is 13.2 Å². The van der Waals surface area contributed by atoms with E-state index < -0.39 is 16.1 Å². The molecular weight excluding hydrogens is 266 g/mol. The van der Waals surface area contributed by atoms with Gasteiger partial charge < -0.3 is 0 Å². The van der Waals surface area contributed by atoms with Gasteiger partial charge in [0.2, 0.25) is 10.0 Å². The quantitative estimate of drug-likeness (QED) is 0.825. The molecule has 2 rings (SSSR count). The highest BCUT2D eigenvalue weighted by Gasteiger charge is 2.37. The van der Waals surface area contributed by atoms with Crippen LogP contribution in [0.25, 0.3) is 0 Å². The molecule has 0 aliphatic carbocycles. The van der Waals surface area contributed by atoms with Crippen LogP contribution in [-0.4, -0.2) is 40.9 Å². The number of sulfonamides is 1. The van der Waals surface area contributed by atoms with E-state index >= 15 is 0 Å². The fourth-order valence-electron chi connectivity index (χ4n) is 2.42. The largest absolute Gasteiger partial charge is 0.298 e. The lowest BCUT2D eigenvalue weighted by atomic mass is 10.00. The van der Waals surface area contributed by atoms with E-state index in [1.54, 1.807) is 14.0 Å². The first kappa shape index (κ1) is 14.2. The number of Topliss-reactive ketones (excluding diaryl/α,β-unsaturated/α-hetero) is 1. The zero-order valence-corrected chi connectivity index (χ0v) is 12.1. The van der Waals surface area contributed by atoms with Gasteiger partial charge in [-0.2, -0.15) is 9.40 Å². The van der Waals surface area contributed by atoms with Crippen LogP contribution in [0.4, 0.5) is 0 Å². The maximum atomic E-state index is 12.6. The van der Waals surface area contributed by atoms with E-state index in [2.05, 4.69) is 5.10 Å². The molecular formula is C12H19N3O3S. The first-order valence-electron chi connectivity index (χ1n) is 6.50. The van der Waals surface area contributed by atoms with Crippen molar-refractivity contribution >= 4 is 15.8 Å². The number of rotatable bonds is 4. The second-order valence-corrected chi connectivity index (χ2v) is 6.69. The maximum Gasteiger partial charge on any atom is 0.246 e. The SMILES string of the molecule is CCC(=O)[C@@H]1CCCCN1S(=O)(=O)c1cnn(C)c1. The van der Waals surface area contributed by atoms with Gasteiger partial charge >= 0.3 is 0 Å². The molecule has 0 aromatic carbocycles. The molecule has 0 bridgehead atoms. The molecule has 0 spiro atoms. The van der Waals surface area contributed by atoms with E-state index in [1.165, 1.54) is 21.4 Å². The summed E-state index contributed by atoms with van der Waals surface area (Å²) in [6, 6.07) is -0.510. The Labute approximate surface area is 113 Å². The zero-order valence-electron chi connectivity index (χ0n) is 11.2. The molecule has 0 amide bonds. The number of hydrogen-bond donors (Lipinski definition) is 0. The molecule has 2 heterocycles. The molecule has 1 aromatic rings. The van der Waals surface area contributed by atoms with Crippen LogP contribution >= 0.6 is 0 Å². The van der Waals surface area contributed by atoms with Gasteiger partial charge in [-0.1, -0.05) is 13.3 Å². The van der Waals surface area contributed by atoms with Gasteiger partial charge in [0.15, 0.2) is 5.78 Å². The van der Waals surface area contributed by atoms with E-state index in [4.69, 9.17) is 0 Å². The molecule has 19 heavy (non-hydrogen) atoms. The minimum Gasteiger partial charge on any atom is -0.298 e. The number of carbonyl (C=O) groups is 1. The molecule has 7 heteroatoms. The van der Waals surface area contributed by atoms with Crippen molar-refractivity contribution in [1.29, 1.82) is 0 Å². The van der Waals surface area contributed by atoms with E-state index in [1.807, 2.05) is 0 Å². The van der Waals surface area contributed by atoms with Crippen LogP contribution < -0.4 is 0 Å². The Morgan fingerprint density at radius 3 is 2.79 bits per heavy atom. The molecule has 1 fully saturated rings. The van der Waals surface area contributed by atoms with Gasteiger partial charge in [0.1, 0.15) is 4.90 Å². The molecule has 1 aliphatic heterocycles. The summed E-state index contributed by atoms with van der Waals surface area (Å²) in [5.74, 6) is -0.00725. The molecule has 0 radical (unpaired) electrons. The van der Waals surface area contributed by atoms with Gasteiger partial charge in [0.25, 0.3) is 0 Å². The van der Waals surface area contributed by atoms with Crippen LogP contribution in [0.1, 0.15) is 32.6 Å². The lowest BCUT2D eigenvalue weighted by Crippen LogP contribution is -2.47. The van der Waals surface area contributed by atoms with Crippen molar-refractivity contribution < 1.29 is 13.2 Å². The number of nitrogens with zero attached hydrogens (tertiary/aromatic N) is 3. The van der Waals surface area contributed by atoms with Crippen LogP contribution in [-0.2, 0) is 21.9 Å².